The van der Waals surface area contributed by atoms with Crippen LogP contribution in [-0.2, 0) is 4.74 Å². The molecule has 2 atom stereocenters. The molecule has 0 bridgehead atoms. The largest absolute Gasteiger partial charge is 0.488 e. The number of carbonyl (C=O) groups is 1. The summed E-state index contributed by atoms with van der Waals surface area (Å²) in [6.07, 6.45) is 5.24. The van der Waals surface area contributed by atoms with Gasteiger partial charge in [0.05, 0.1) is 18.8 Å². The van der Waals surface area contributed by atoms with Crippen molar-refractivity contribution >= 4 is 5.91 Å². The van der Waals surface area contributed by atoms with E-state index in [4.69, 9.17) is 9.47 Å². The summed E-state index contributed by atoms with van der Waals surface area (Å²) in [5, 5.41) is 0. The maximum atomic E-state index is 13.0. The Balaban J connectivity index is 1.22. The molecule has 1 amide bonds. The predicted molar refractivity (Wildman–Crippen MR) is 114 cm³/mol. The third-order valence-corrected chi connectivity index (χ3v) is 5.97. The van der Waals surface area contributed by atoms with Crippen LogP contribution in [0.5, 0.6) is 5.75 Å². The van der Waals surface area contributed by atoms with E-state index in [1.807, 2.05) is 71.6 Å². The molecule has 2 unspecified atom stereocenters. The average molecular weight is 400 g/mol. The summed E-state index contributed by atoms with van der Waals surface area (Å²) in [6, 6.07) is 21.6. The van der Waals surface area contributed by atoms with Crippen LogP contribution in [0.25, 0.3) is 11.1 Å². The van der Waals surface area contributed by atoms with Gasteiger partial charge in [0.2, 0.25) is 0 Å². The zero-order chi connectivity index (χ0) is 20.4. The highest BCUT2D eigenvalue weighted by Gasteiger charge is 2.47. The Morgan fingerprint density at radius 2 is 1.73 bits per heavy atom. The summed E-state index contributed by atoms with van der Waals surface area (Å²) in [5.74, 6) is 0.924. The first-order chi connectivity index (χ1) is 14.7. The first-order valence-corrected chi connectivity index (χ1v) is 10.4. The molecule has 0 saturated carbocycles. The van der Waals surface area contributed by atoms with Crippen LogP contribution in [0, 0.1) is 0 Å². The number of hydrogen-bond acceptors (Lipinski definition) is 4. The number of likely N-dealkylation sites (tertiary alicyclic amines) is 1. The van der Waals surface area contributed by atoms with E-state index >= 15 is 0 Å². The molecule has 0 aliphatic carbocycles. The van der Waals surface area contributed by atoms with Crippen LogP contribution < -0.4 is 4.74 Å². The van der Waals surface area contributed by atoms with Gasteiger partial charge in [-0.2, -0.15) is 0 Å². The molecular formula is C25H24N2O3. The molecule has 0 radical (unpaired) electrons. The molecule has 3 heterocycles. The Labute approximate surface area is 176 Å². The molecule has 5 nitrogen and oxygen atoms in total. The second-order valence-corrected chi connectivity index (χ2v) is 8.04. The van der Waals surface area contributed by atoms with Crippen molar-refractivity contribution in [2.75, 3.05) is 19.7 Å². The second-order valence-electron chi connectivity index (χ2n) is 8.04. The van der Waals surface area contributed by atoms with E-state index in [9.17, 15) is 4.79 Å². The van der Waals surface area contributed by atoms with E-state index in [0.29, 0.717) is 25.3 Å². The van der Waals surface area contributed by atoms with E-state index in [2.05, 4.69) is 4.98 Å². The van der Waals surface area contributed by atoms with E-state index in [-0.39, 0.29) is 17.6 Å². The lowest BCUT2D eigenvalue weighted by Gasteiger charge is -2.23. The van der Waals surface area contributed by atoms with Gasteiger partial charge in [-0.3, -0.25) is 9.78 Å². The molecular weight excluding hydrogens is 376 g/mol. The summed E-state index contributed by atoms with van der Waals surface area (Å²) in [5.41, 5.74) is 2.59. The maximum Gasteiger partial charge on any atom is 0.253 e. The Hall–Kier alpha value is -3.18. The fourth-order valence-corrected chi connectivity index (χ4v) is 4.40. The number of aromatic nitrogens is 1. The number of nitrogens with zero attached hydrogens (tertiary/aromatic N) is 2. The molecule has 30 heavy (non-hydrogen) atoms. The minimum Gasteiger partial charge on any atom is -0.488 e. The molecule has 1 spiro atoms. The van der Waals surface area contributed by atoms with Crippen molar-refractivity contribution in [2.24, 2.45) is 0 Å². The van der Waals surface area contributed by atoms with Crippen LogP contribution in [0.3, 0.4) is 0 Å². The number of para-hydroxylation sites is 1. The lowest BCUT2D eigenvalue weighted by Crippen LogP contribution is -2.36. The highest BCUT2D eigenvalue weighted by atomic mass is 16.6. The molecule has 2 saturated heterocycles. The number of ether oxygens (including phenoxy) is 2. The molecule has 5 rings (SSSR count). The van der Waals surface area contributed by atoms with Gasteiger partial charge in [0.15, 0.2) is 0 Å². The van der Waals surface area contributed by atoms with E-state index in [1.54, 1.807) is 12.4 Å². The van der Waals surface area contributed by atoms with Crippen LogP contribution in [0.4, 0.5) is 0 Å². The average Bonchev–Trinajstić information content (AvgIpc) is 3.41. The number of pyridine rings is 1. The molecule has 3 aromatic rings. The van der Waals surface area contributed by atoms with Crippen molar-refractivity contribution < 1.29 is 14.3 Å². The van der Waals surface area contributed by atoms with Gasteiger partial charge >= 0.3 is 0 Å². The van der Waals surface area contributed by atoms with E-state index < -0.39 is 0 Å². The minimum atomic E-state index is -0.286. The highest BCUT2D eigenvalue weighted by Crippen LogP contribution is 2.37. The summed E-state index contributed by atoms with van der Waals surface area (Å²) in [7, 11) is 0. The normalized spacial score (nSPS) is 23.1. The Morgan fingerprint density at radius 1 is 1.00 bits per heavy atom. The lowest BCUT2D eigenvalue weighted by atomic mass is 9.98. The van der Waals surface area contributed by atoms with E-state index in [0.717, 1.165) is 29.7 Å². The number of rotatable bonds is 4. The molecule has 2 aromatic carbocycles. The molecule has 1 aromatic heterocycles. The fourth-order valence-electron chi connectivity index (χ4n) is 4.40. The zero-order valence-electron chi connectivity index (χ0n) is 16.7. The Bertz CT molecular complexity index is 1010. The Kier molecular flexibility index (Phi) is 4.97. The van der Waals surface area contributed by atoms with Crippen molar-refractivity contribution in [3.05, 3.63) is 84.7 Å². The number of amides is 1. The lowest BCUT2D eigenvalue weighted by molar-refractivity contribution is 0.00996. The van der Waals surface area contributed by atoms with Gasteiger partial charge in [-0.1, -0.05) is 30.3 Å². The fraction of sp³-hybridized carbons (Fsp3) is 0.280. The van der Waals surface area contributed by atoms with Gasteiger partial charge in [-0.15, -0.1) is 0 Å². The third-order valence-electron chi connectivity index (χ3n) is 5.97. The minimum absolute atomic E-state index is 0.0297. The molecule has 2 fully saturated rings. The third kappa shape index (κ3) is 3.81. The quantitative estimate of drug-likeness (QED) is 0.659. The summed E-state index contributed by atoms with van der Waals surface area (Å²) in [4.78, 5) is 19.0. The summed E-state index contributed by atoms with van der Waals surface area (Å²) in [6.45, 7) is 1.90. The standard InChI is InChI=1S/C25H24N2O3/c28-24(21-8-6-19(7-9-21)20-10-13-26-14-11-20)27-15-12-25(18-27)16-23(17-29-25)30-22-4-2-1-3-5-22/h1-11,13-14,23H,12,15-18H2. The highest BCUT2D eigenvalue weighted by molar-refractivity contribution is 5.95. The van der Waals surface area contributed by atoms with Crippen LogP contribution in [0.15, 0.2) is 79.1 Å². The zero-order valence-corrected chi connectivity index (χ0v) is 16.7. The van der Waals surface area contributed by atoms with Crippen LogP contribution in [-0.4, -0.2) is 47.2 Å². The van der Waals surface area contributed by atoms with Gasteiger partial charge in [0.25, 0.3) is 5.91 Å². The molecule has 0 N–H and O–H groups in total. The molecule has 5 heteroatoms. The number of benzene rings is 2. The number of carbonyl (C=O) groups excluding carboxylic acids is 1. The van der Waals surface area contributed by atoms with Crippen LogP contribution in [0.1, 0.15) is 23.2 Å². The molecule has 152 valence electrons. The van der Waals surface area contributed by atoms with Gasteiger partial charge < -0.3 is 14.4 Å². The van der Waals surface area contributed by atoms with Gasteiger partial charge in [0, 0.05) is 30.9 Å². The molecule has 2 aliphatic heterocycles. The van der Waals surface area contributed by atoms with Gasteiger partial charge in [-0.25, -0.2) is 0 Å². The SMILES string of the molecule is O=C(c1ccc(-c2ccncc2)cc1)N1CCC2(CC(Oc3ccccc3)CO2)C1. The van der Waals surface area contributed by atoms with Crippen molar-refractivity contribution in [3.63, 3.8) is 0 Å². The topological polar surface area (TPSA) is 51.7 Å². The summed E-state index contributed by atoms with van der Waals surface area (Å²) >= 11 is 0. The van der Waals surface area contributed by atoms with Gasteiger partial charge in [0.1, 0.15) is 11.9 Å². The van der Waals surface area contributed by atoms with E-state index in [1.165, 1.54) is 0 Å². The monoisotopic (exact) mass is 400 g/mol. The summed E-state index contributed by atoms with van der Waals surface area (Å²) < 4.78 is 12.2. The smallest absolute Gasteiger partial charge is 0.253 e. The number of hydrogen-bond donors (Lipinski definition) is 0. The van der Waals surface area contributed by atoms with Crippen molar-refractivity contribution in [1.29, 1.82) is 0 Å². The predicted octanol–water partition coefficient (Wildman–Crippen LogP) is 4.20. The Morgan fingerprint density at radius 3 is 2.50 bits per heavy atom. The molecule has 2 aliphatic rings. The van der Waals surface area contributed by atoms with Gasteiger partial charge in [-0.05, 0) is 53.9 Å². The van der Waals surface area contributed by atoms with Crippen LogP contribution in [0.2, 0.25) is 0 Å². The maximum absolute atomic E-state index is 13.0. The van der Waals surface area contributed by atoms with Crippen molar-refractivity contribution in [1.82, 2.24) is 9.88 Å². The first-order valence-electron chi connectivity index (χ1n) is 10.4. The van der Waals surface area contributed by atoms with Crippen molar-refractivity contribution in [3.8, 4) is 16.9 Å². The van der Waals surface area contributed by atoms with Crippen LogP contribution >= 0.6 is 0 Å². The first kappa shape index (κ1) is 18.8. The van der Waals surface area contributed by atoms with Crippen molar-refractivity contribution in [2.45, 2.75) is 24.5 Å². The second kappa shape index (κ2) is 7.92.